The van der Waals surface area contributed by atoms with Crippen LogP contribution >= 0.6 is 11.8 Å². The number of thioether (sulfide) groups is 1. The van der Waals surface area contributed by atoms with Crippen LogP contribution < -0.4 is 0 Å². The minimum Gasteiger partial charge on any atom is -0.257 e. The summed E-state index contributed by atoms with van der Waals surface area (Å²) in [4.78, 5) is 8.98. The van der Waals surface area contributed by atoms with Gasteiger partial charge in [-0.2, -0.15) is 16.9 Å². The van der Waals surface area contributed by atoms with Gasteiger partial charge in [-0.1, -0.05) is 12.2 Å². The lowest BCUT2D eigenvalue weighted by molar-refractivity contribution is 0.445. The van der Waals surface area contributed by atoms with E-state index in [0.29, 0.717) is 23.6 Å². The smallest absolute Gasteiger partial charge is 0.218 e. The number of aromatic nitrogens is 6. The third-order valence-corrected chi connectivity index (χ3v) is 5.32. The molecule has 1 N–H and O–H groups in total. The van der Waals surface area contributed by atoms with Crippen LogP contribution in [0.15, 0.2) is 18.5 Å². The van der Waals surface area contributed by atoms with E-state index in [1.54, 1.807) is 0 Å². The highest BCUT2D eigenvalue weighted by molar-refractivity contribution is 7.99. The van der Waals surface area contributed by atoms with Crippen molar-refractivity contribution in [1.29, 1.82) is 0 Å². The van der Waals surface area contributed by atoms with E-state index in [4.69, 9.17) is 10.1 Å². The van der Waals surface area contributed by atoms with Crippen molar-refractivity contribution in [2.75, 3.05) is 11.5 Å². The van der Waals surface area contributed by atoms with Gasteiger partial charge in [0, 0.05) is 11.7 Å². The van der Waals surface area contributed by atoms with E-state index in [9.17, 15) is 0 Å². The molecular formula is C14H18N6S. The summed E-state index contributed by atoms with van der Waals surface area (Å²) in [6.07, 6.45) is 10.6. The van der Waals surface area contributed by atoms with Crippen molar-refractivity contribution >= 4 is 11.8 Å². The van der Waals surface area contributed by atoms with Gasteiger partial charge >= 0.3 is 0 Å². The van der Waals surface area contributed by atoms with Crippen molar-refractivity contribution in [3.63, 3.8) is 0 Å². The molecule has 0 saturated carbocycles. The fourth-order valence-corrected chi connectivity index (χ4v) is 4.22. The molecule has 21 heavy (non-hydrogen) atoms. The van der Waals surface area contributed by atoms with Crippen LogP contribution in [-0.4, -0.2) is 41.5 Å². The second-order valence-electron chi connectivity index (χ2n) is 5.57. The lowest BCUT2D eigenvalue weighted by atomic mass is 9.93. The molecule has 0 aromatic carbocycles. The van der Waals surface area contributed by atoms with Crippen molar-refractivity contribution in [2.24, 2.45) is 0 Å². The van der Waals surface area contributed by atoms with Crippen molar-refractivity contribution < 1.29 is 0 Å². The molecule has 110 valence electrons. The lowest BCUT2D eigenvalue weighted by Crippen LogP contribution is -2.17. The molecule has 2 aromatic rings. The predicted octanol–water partition coefficient (Wildman–Crippen LogP) is 2.56. The highest BCUT2D eigenvalue weighted by Crippen LogP contribution is 2.34. The molecule has 1 fully saturated rings. The van der Waals surface area contributed by atoms with Crippen molar-refractivity contribution in [2.45, 2.75) is 37.6 Å². The second-order valence-corrected chi connectivity index (χ2v) is 6.72. The maximum Gasteiger partial charge on any atom is 0.218 e. The van der Waals surface area contributed by atoms with E-state index < -0.39 is 0 Å². The Bertz CT molecular complexity index is 626. The first kappa shape index (κ1) is 13.1. The molecule has 1 aliphatic heterocycles. The topological polar surface area (TPSA) is 72.3 Å². The molecule has 6 nitrogen and oxygen atoms in total. The van der Waals surface area contributed by atoms with E-state index in [1.165, 1.54) is 18.5 Å². The number of hydrogen-bond acceptors (Lipinski definition) is 5. The van der Waals surface area contributed by atoms with Gasteiger partial charge in [0.25, 0.3) is 0 Å². The van der Waals surface area contributed by atoms with Gasteiger partial charge in [-0.3, -0.25) is 5.10 Å². The Morgan fingerprint density at radius 1 is 1.29 bits per heavy atom. The van der Waals surface area contributed by atoms with Gasteiger partial charge in [0.2, 0.25) is 5.82 Å². The fourth-order valence-electron chi connectivity index (χ4n) is 3.04. The Hall–Kier alpha value is -1.63. The van der Waals surface area contributed by atoms with Gasteiger partial charge in [0.05, 0.1) is 6.04 Å². The van der Waals surface area contributed by atoms with Crippen LogP contribution in [0, 0.1) is 0 Å². The molecule has 3 heterocycles. The molecule has 0 spiro atoms. The molecule has 1 unspecified atom stereocenters. The second kappa shape index (κ2) is 5.63. The minimum atomic E-state index is 0.472. The van der Waals surface area contributed by atoms with Crippen LogP contribution in [0.4, 0.5) is 0 Å². The number of allylic oxidation sites excluding steroid dienone is 2. The van der Waals surface area contributed by atoms with Crippen LogP contribution in [0.2, 0.25) is 0 Å². The summed E-state index contributed by atoms with van der Waals surface area (Å²) in [6, 6.07) is 0.472. The summed E-state index contributed by atoms with van der Waals surface area (Å²) < 4.78 is 2.17. The van der Waals surface area contributed by atoms with E-state index >= 15 is 0 Å². The van der Waals surface area contributed by atoms with Gasteiger partial charge in [-0.05, 0) is 31.4 Å². The summed E-state index contributed by atoms with van der Waals surface area (Å²) in [7, 11) is 0. The highest BCUT2D eigenvalue weighted by atomic mass is 32.2. The molecule has 2 aliphatic rings. The molecule has 2 atom stereocenters. The van der Waals surface area contributed by atoms with Gasteiger partial charge in [-0.15, -0.1) is 5.10 Å². The number of hydrogen-bond donors (Lipinski definition) is 1. The Kier molecular flexibility index (Phi) is 3.50. The molecule has 0 amide bonds. The fraction of sp³-hybridized carbons (Fsp3) is 0.571. The quantitative estimate of drug-likeness (QED) is 0.882. The van der Waals surface area contributed by atoms with Crippen LogP contribution in [0.3, 0.4) is 0 Å². The van der Waals surface area contributed by atoms with E-state index in [2.05, 4.69) is 32.0 Å². The number of nitrogens with one attached hydrogen (secondary N) is 1. The molecule has 0 bridgehead atoms. The highest BCUT2D eigenvalue weighted by Gasteiger charge is 2.28. The normalized spacial score (nSPS) is 25.5. The molecule has 1 saturated heterocycles. The zero-order valence-corrected chi connectivity index (χ0v) is 12.6. The predicted molar refractivity (Wildman–Crippen MR) is 82.1 cm³/mol. The number of rotatable bonds is 3. The van der Waals surface area contributed by atoms with E-state index in [1.807, 2.05) is 11.8 Å². The molecular weight excluding hydrogens is 284 g/mol. The maximum absolute atomic E-state index is 4.80. The average Bonchev–Trinajstić information content (AvgIpc) is 3.27. The Morgan fingerprint density at radius 2 is 2.29 bits per heavy atom. The van der Waals surface area contributed by atoms with Crippen LogP contribution in [0.5, 0.6) is 0 Å². The lowest BCUT2D eigenvalue weighted by Gasteiger charge is -2.20. The van der Waals surface area contributed by atoms with Gasteiger partial charge < -0.3 is 0 Å². The van der Waals surface area contributed by atoms with Crippen molar-refractivity contribution in [3.8, 4) is 11.6 Å². The zero-order chi connectivity index (χ0) is 14.1. The van der Waals surface area contributed by atoms with Gasteiger partial charge in [-0.25, -0.2) is 14.6 Å². The molecule has 4 rings (SSSR count). The standard InChI is InChI=1S/C14H18N6S/c1-2-4-10(5-3-1)14-17-13(12-15-9-16-18-12)19-20(14)11-6-7-21-8-11/h1-2,9-11H,3-8H2,(H,15,16,18)/t10-,11?/m0/s1. The van der Waals surface area contributed by atoms with E-state index in [0.717, 1.165) is 30.8 Å². The van der Waals surface area contributed by atoms with Gasteiger partial charge in [0.15, 0.2) is 5.82 Å². The Balaban J connectivity index is 1.73. The zero-order valence-electron chi connectivity index (χ0n) is 11.8. The maximum atomic E-state index is 4.80. The molecule has 2 aromatic heterocycles. The Labute approximate surface area is 127 Å². The SMILES string of the molecule is C1=CC[C@H](c2nc(-c3ncn[nH]3)nn2C2CCSC2)CC1. The van der Waals surface area contributed by atoms with Crippen molar-refractivity contribution in [1.82, 2.24) is 29.9 Å². The van der Waals surface area contributed by atoms with E-state index in [-0.39, 0.29) is 0 Å². The molecule has 1 aliphatic carbocycles. The Morgan fingerprint density at radius 3 is 3.00 bits per heavy atom. The minimum absolute atomic E-state index is 0.472. The molecule has 7 heteroatoms. The summed E-state index contributed by atoms with van der Waals surface area (Å²) in [5.41, 5.74) is 0. The summed E-state index contributed by atoms with van der Waals surface area (Å²) in [5, 5.41) is 11.5. The first-order valence-corrected chi connectivity index (χ1v) is 8.62. The summed E-state index contributed by atoms with van der Waals surface area (Å²) in [6.45, 7) is 0. The van der Waals surface area contributed by atoms with Crippen LogP contribution in [0.1, 0.15) is 43.5 Å². The first-order valence-electron chi connectivity index (χ1n) is 7.47. The first-order chi connectivity index (χ1) is 10.4. The largest absolute Gasteiger partial charge is 0.257 e. The third kappa shape index (κ3) is 2.50. The summed E-state index contributed by atoms with van der Waals surface area (Å²) in [5.74, 6) is 5.28. The monoisotopic (exact) mass is 302 g/mol. The number of aromatic amines is 1. The number of nitrogens with zero attached hydrogens (tertiary/aromatic N) is 5. The summed E-state index contributed by atoms with van der Waals surface area (Å²) >= 11 is 2.00. The van der Waals surface area contributed by atoms with Crippen molar-refractivity contribution in [3.05, 3.63) is 24.3 Å². The number of H-pyrrole nitrogens is 1. The average molecular weight is 302 g/mol. The van der Waals surface area contributed by atoms with Gasteiger partial charge in [0.1, 0.15) is 12.2 Å². The van der Waals surface area contributed by atoms with Crippen LogP contribution in [0.25, 0.3) is 11.6 Å². The molecule has 0 radical (unpaired) electrons. The van der Waals surface area contributed by atoms with Crippen LogP contribution in [-0.2, 0) is 0 Å². The third-order valence-electron chi connectivity index (χ3n) is 4.17.